The molecule has 0 fully saturated rings. The lowest BCUT2D eigenvalue weighted by atomic mass is 10.0. The van der Waals surface area contributed by atoms with Crippen LogP contribution in [0.1, 0.15) is 35.4 Å². The number of aromatic amines is 1. The van der Waals surface area contributed by atoms with Gasteiger partial charge in [-0.05, 0) is 24.8 Å². The number of H-pyrrole nitrogens is 1. The first-order chi connectivity index (χ1) is 12.1. The Morgan fingerprint density at radius 3 is 2.76 bits per heavy atom. The lowest BCUT2D eigenvalue weighted by Crippen LogP contribution is -2.30. The molecule has 0 radical (unpaired) electrons. The third-order valence-electron chi connectivity index (χ3n) is 5.17. The third kappa shape index (κ3) is 3.12. The van der Waals surface area contributed by atoms with Gasteiger partial charge in [-0.3, -0.25) is 9.89 Å². The highest BCUT2D eigenvalue weighted by Gasteiger charge is 2.21. The van der Waals surface area contributed by atoms with Gasteiger partial charge in [0.1, 0.15) is 0 Å². The zero-order valence-electron chi connectivity index (χ0n) is 14.8. The molecule has 0 amide bonds. The summed E-state index contributed by atoms with van der Waals surface area (Å²) in [6.07, 6.45) is 1.61. The largest absolute Gasteiger partial charge is 0.302 e. The molecular weight excluding hydrogens is 312 g/mol. The summed E-state index contributed by atoms with van der Waals surface area (Å²) in [5, 5.41) is 3.09. The monoisotopic (exact) mass is 336 g/mol. The van der Waals surface area contributed by atoms with Crippen LogP contribution in [0.15, 0.2) is 41.2 Å². The topological polar surface area (TPSA) is 53.4 Å². The van der Waals surface area contributed by atoms with Gasteiger partial charge in [-0.2, -0.15) is 0 Å². The van der Waals surface area contributed by atoms with Crippen LogP contribution in [0.2, 0.25) is 0 Å². The van der Waals surface area contributed by atoms with Crippen molar-refractivity contribution in [3.8, 4) is 0 Å². The van der Waals surface area contributed by atoms with E-state index in [2.05, 4.69) is 47.3 Å². The van der Waals surface area contributed by atoms with Gasteiger partial charge in [-0.15, -0.1) is 0 Å². The lowest BCUT2D eigenvalue weighted by molar-refractivity contribution is 0.273. The summed E-state index contributed by atoms with van der Waals surface area (Å²) < 4.78 is 1.58. The maximum Gasteiger partial charge on any atom is 0.276 e. The fourth-order valence-electron chi connectivity index (χ4n) is 3.79. The van der Waals surface area contributed by atoms with E-state index < -0.39 is 0 Å². The second kappa shape index (κ2) is 6.48. The predicted molar refractivity (Wildman–Crippen MR) is 99.3 cm³/mol. The van der Waals surface area contributed by atoms with Crippen LogP contribution >= 0.6 is 0 Å². The number of nitrogens with one attached hydrogen (secondary N) is 1. The van der Waals surface area contributed by atoms with Crippen LogP contribution in [0.25, 0.3) is 5.65 Å². The molecule has 0 bridgehead atoms. The first-order valence-corrected chi connectivity index (χ1v) is 8.99. The molecule has 1 aliphatic rings. The van der Waals surface area contributed by atoms with Crippen molar-refractivity contribution < 1.29 is 0 Å². The van der Waals surface area contributed by atoms with E-state index in [9.17, 15) is 4.79 Å². The van der Waals surface area contributed by atoms with Gasteiger partial charge in [0.05, 0.1) is 5.69 Å². The van der Waals surface area contributed by atoms with E-state index >= 15 is 0 Å². The molecule has 0 saturated carbocycles. The SMILES string of the molecule is Cc1cc2nc3c(c(=O)n2[nH]1)CCN(C[C@@H](C)c1ccccc1)CC3. The molecule has 2 aromatic heterocycles. The van der Waals surface area contributed by atoms with E-state index in [4.69, 9.17) is 4.98 Å². The summed E-state index contributed by atoms with van der Waals surface area (Å²) in [6, 6.07) is 12.6. The molecule has 25 heavy (non-hydrogen) atoms. The first-order valence-electron chi connectivity index (χ1n) is 8.99. The van der Waals surface area contributed by atoms with Gasteiger partial charge in [-0.25, -0.2) is 9.50 Å². The summed E-state index contributed by atoms with van der Waals surface area (Å²) >= 11 is 0. The molecule has 5 heteroatoms. The van der Waals surface area contributed by atoms with Crippen molar-refractivity contribution in [1.82, 2.24) is 19.5 Å². The van der Waals surface area contributed by atoms with Gasteiger partial charge < -0.3 is 4.90 Å². The third-order valence-corrected chi connectivity index (χ3v) is 5.17. The van der Waals surface area contributed by atoms with Crippen LogP contribution in [0, 0.1) is 6.92 Å². The van der Waals surface area contributed by atoms with Crippen LogP contribution in [-0.2, 0) is 12.8 Å². The van der Waals surface area contributed by atoms with Crippen molar-refractivity contribution in [3.63, 3.8) is 0 Å². The quantitative estimate of drug-likeness (QED) is 0.800. The van der Waals surface area contributed by atoms with E-state index in [-0.39, 0.29) is 5.56 Å². The Morgan fingerprint density at radius 2 is 1.96 bits per heavy atom. The van der Waals surface area contributed by atoms with E-state index in [0.29, 0.717) is 5.92 Å². The van der Waals surface area contributed by atoms with Crippen LogP contribution < -0.4 is 5.56 Å². The lowest BCUT2D eigenvalue weighted by Gasteiger charge is -2.24. The van der Waals surface area contributed by atoms with Gasteiger partial charge in [0, 0.05) is 43.4 Å². The number of fused-ring (bicyclic) bond motifs is 2. The highest BCUT2D eigenvalue weighted by molar-refractivity contribution is 5.42. The molecule has 0 spiro atoms. The fraction of sp³-hybridized carbons (Fsp3) is 0.400. The van der Waals surface area contributed by atoms with Crippen LogP contribution in [-0.4, -0.2) is 39.1 Å². The Labute approximate surface area is 147 Å². The van der Waals surface area contributed by atoms with Crippen molar-refractivity contribution in [3.05, 3.63) is 69.3 Å². The van der Waals surface area contributed by atoms with E-state index in [0.717, 1.165) is 55.1 Å². The molecule has 1 aromatic carbocycles. The van der Waals surface area contributed by atoms with Crippen LogP contribution in [0.3, 0.4) is 0 Å². The maximum atomic E-state index is 12.8. The molecule has 3 aromatic rings. The highest BCUT2D eigenvalue weighted by atomic mass is 16.1. The number of aromatic nitrogens is 3. The van der Waals surface area contributed by atoms with Crippen molar-refractivity contribution >= 4 is 5.65 Å². The number of rotatable bonds is 3. The second-order valence-corrected chi connectivity index (χ2v) is 7.09. The average Bonchev–Trinajstić information content (AvgIpc) is 2.87. The van der Waals surface area contributed by atoms with Gasteiger partial charge in [0.15, 0.2) is 5.65 Å². The Balaban J connectivity index is 1.54. The molecule has 1 aliphatic heterocycles. The number of hydrogen-bond acceptors (Lipinski definition) is 3. The summed E-state index contributed by atoms with van der Waals surface area (Å²) in [5.74, 6) is 0.480. The molecular formula is C20H24N4O. The minimum Gasteiger partial charge on any atom is -0.302 e. The Morgan fingerprint density at radius 1 is 1.20 bits per heavy atom. The first kappa shape index (κ1) is 16.1. The molecule has 4 rings (SSSR count). The summed E-state index contributed by atoms with van der Waals surface area (Å²) in [6.45, 7) is 7.10. The average molecular weight is 336 g/mol. The molecule has 0 aliphatic carbocycles. The maximum absolute atomic E-state index is 12.8. The minimum absolute atomic E-state index is 0.0612. The van der Waals surface area contributed by atoms with E-state index in [1.165, 1.54) is 5.56 Å². The van der Waals surface area contributed by atoms with E-state index in [1.807, 2.05) is 13.0 Å². The van der Waals surface area contributed by atoms with Crippen LogP contribution in [0.5, 0.6) is 0 Å². The summed E-state index contributed by atoms with van der Waals surface area (Å²) in [5.41, 5.74) is 4.96. The summed E-state index contributed by atoms with van der Waals surface area (Å²) in [4.78, 5) is 20.0. The van der Waals surface area contributed by atoms with Gasteiger partial charge in [-0.1, -0.05) is 37.3 Å². The van der Waals surface area contributed by atoms with E-state index in [1.54, 1.807) is 4.52 Å². The van der Waals surface area contributed by atoms with Crippen molar-refractivity contribution in [2.45, 2.75) is 32.6 Å². The Hall–Kier alpha value is -2.40. The summed E-state index contributed by atoms with van der Waals surface area (Å²) in [7, 11) is 0. The van der Waals surface area contributed by atoms with Crippen LogP contribution in [0.4, 0.5) is 0 Å². The second-order valence-electron chi connectivity index (χ2n) is 7.09. The number of benzene rings is 1. The van der Waals surface area contributed by atoms with Gasteiger partial charge >= 0.3 is 0 Å². The van der Waals surface area contributed by atoms with Crippen molar-refractivity contribution in [2.24, 2.45) is 0 Å². The molecule has 1 N–H and O–H groups in total. The zero-order valence-corrected chi connectivity index (χ0v) is 14.8. The molecule has 3 heterocycles. The number of aryl methyl sites for hydroxylation is 1. The van der Waals surface area contributed by atoms with Gasteiger partial charge in [0.2, 0.25) is 0 Å². The molecule has 0 unspecified atom stereocenters. The van der Waals surface area contributed by atoms with Gasteiger partial charge in [0.25, 0.3) is 5.56 Å². The highest BCUT2D eigenvalue weighted by Crippen LogP contribution is 2.19. The predicted octanol–water partition coefficient (Wildman–Crippen LogP) is 2.54. The van der Waals surface area contributed by atoms with Crippen molar-refractivity contribution in [1.29, 1.82) is 0 Å². The van der Waals surface area contributed by atoms with Crippen molar-refractivity contribution in [2.75, 3.05) is 19.6 Å². The fourth-order valence-corrected chi connectivity index (χ4v) is 3.79. The zero-order chi connectivity index (χ0) is 17.4. The molecule has 0 saturated heterocycles. The molecule has 1 atom stereocenters. The minimum atomic E-state index is 0.0612. The number of hydrogen-bond donors (Lipinski definition) is 1. The normalized spacial score (nSPS) is 16.6. The number of nitrogens with zero attached hydrogens (tertiary/aromatic N) is 3. The smallest absolute Gasteiger partial charge is 0.276 e. The Kier molecular flexibility index (Phi) is 4.17. The standard InChI is InChI=1S/C20H24N4O/c1-14(16-6-4-3-5-7-16)13-23-10-8-17-18(9-11-23)21-19-12-15(2)22-24(19)20(17)25/h3-7,12,14,22H,8-11,13H2,1-2H3/t14-/m1/s1. The molecule has 130 valence electrons. The molecule has 5 nitrogen and oxygen atoms in total. The Bertz CT molecular complexity index is 941.